The average molecular weight is 376 g/mol. The van der Waals surface area contributed by atoms with Crippen LogP contribution in [0.2, 0.25) is 0 Å². The molecule has 0 aliphatic carbocycles. The lowest BCUT2D eigenvalue weighted by Gasteiger charge is -2.36. The molecule has 0 bridgehead atoms. The highest BCUT2D eigenvalue weighted by Gasteiger charge is 2.29. The van der Waals surface area contributed by atoms with E-state index >= 15 is 0 Å². The highest BCUT2D eigenvalue weighted by Crippen LogP contribution is 2.26. The zero-order chi connectivity index (χ0) is 19.1. The lowest BCUT2D eigenvalue weighted by atomic mass is 9.95. The second-order valence-electron chi connectivity index (χ2n) is 7.79. The van der Waals surface area contributed by atoms with Crippen molar-refractivity contribution in [2.75, 3.05) is 49.5 Å². The molecule has 2 heterocycles. The second kappa shape index (κ2) is 9.95. The van der Waals surface area contributed by atoms with Gasteiger partial charge in [-0.15, -0.1) is 0 Å². The molecule has 6 heteroatoms. The first-order valence-corrected chi connectivity index (χ1v) is 10.3. The summed E-state index contributed by atoms with van der Waals surface area (Å²) in [6.45, 7) is 3.72. The van der Waals surface area contributed by atoms with Gasteiger partial charge in [0.15, 0.2) is 0 Å². The lowest BCUT2D eigenvalue weighted by molar-refractivity contribution is -0.135. The molecule has 0 radical (unpaired) electrons. The van der Waals surface area contributed by atoms with Gasteiger partial charge in [-0.2, -0.15) is 0 Å². The van der Waals surface area contributed by atoms with Crippen molar-refractivity contribution in [3.63, 3.8) is 0 Å². The summed E-state index contributed by atoms with van der Waals surface area (Å²) >= 11 is 0. The normalized spacial score (nSPS) is 22.2. The number of hydrogen-bond acceptors (Lipinski definition) is 5. The Kier molecular flexibility index (Phi) is 7.35. The van der Waals surface area contributed by atoms with E-state index in [1.807, 2.05) is 12.1 Å². The summed E-state index contributed by atoms with van der Waals surface area (Å²) in [5.74, 6) is 0.451. The minimum atomic E-state index is -0.752. The number of piperidine rings is 1. The van der Waals surface area contributed by atoms with E-state index < -0.39 is 6.10 Å². The standard InChI is InChI=1S/C21H33N3O3/c25-16-20(26)14-22-18-7-9-19(10-8-18)24-13-5-6-17(15-24)21(27)23-11-3-1-2-4-12-23/h7-10,17,20,22,25-26H,1-6,11-16H2. The van der Waals surface area contributed by atoms with Crippen LogP contribution in [0.4, 0.5) is 11.4 Å². The van der Waals surface area contributed by atoms with Crippen LogP contribution in [0.25, 0.3) is 0 Å². The summed E-state index contributed by atoms with van der Waals surface area (Å²) in [5.41, 5.74) is 2.05. The van der Waals surface area contributed by atoms with Crippen LogP contribution in [0.5, 0.6) is 0 Å². The van der Waals surface area contributed by atoms with Gasteiger partial charge in [0.1, 0.15) is 0 Å². The number of aliphatic hydroxyl groups is 2. The van der Waals surface area contributed by atoms with Crippen molar-refractivity contribution in [2.24, 2.45) is 5.92 Å². The largest absolute Gasteiger partial charge is 0.394 e. The Morgan fingerprint density at radius 2 is 1.78 bits per heavy atom. The molecule has 1 aromatic carbocycles. The first kappa shape index (κ1) is 20.0. The van der Waals surface area contributed by atoms with Crippen LogP contribution in [-0.2, 0) is 4.79 Å². The number of amides is 1. The Bertz CT molecular complexity index is 585. The van der Waals surface area contributed by atoms with Gasteiger partial charge in [0.2, 0.25) is 5.91 Å². The number of hydrogen-bond donors (Lipinski definition) is 3. The topological polar surface area (TPSA) is 76.0 Å². The van der Waals surface area contributed by atoms with E-state index in [-0.39, 0.29) is 12.5 Å². The highest BCUT2D eigenvalue weighted by molar-refractivity contribution is 5.80. The van der Waals surface area contributed by atoms with Gasteiger partial charge in [-0.3, -0.25) is 4.79 Å². The first-order chi connectivity index (χ1) is 13.2. The number of carbonyl (C=O) groups excluding carboxylic acids is 1. The number of benzene rings is 1. The smallest absolute Gasteiger partial charge is 0.227 e. The fourth-order valence-electron chi connectivity index (χ4n) is 4.05. The number of rotatable bonds is 6. The minimum Gasteiger partial charge on any atom is -0.394 e. The molecule has 0 saturated carbocycles. The molecule has 2 unspecified atom stereocenters. The van der Waals surface area contributed by atoms with Crippen LogP contribution < -0.4 is 10.2 Å². The monoisotopic (exact) mass is 375 g/mol. The molecular formula is C21H33N3O3. The molecule has 3 N–H and O–H groups in total. The Morgan fingerprint density at radius 3 is 2.44 bits per heavy atom. The van der Waals surface area contributed by atoms with Crippen LogP contribution in [0.15, 0.2) is 24.3 Å². The quantitative estimate of drug-likeness (QED) is 0.710. The van der Waals surface area contributed by atoms with Crippen LogP contribution in [-0.4, -0.2) is 66.5 Å². The van der Waals surface area contributed by atoms with Crippen molar-refractivity contribution in [1.29, 1.82) is 0 Å². The van der Waals surface area contributed by atoms with Crippen molar-refractivity contribution in [3.8, 4) is 0 Å². The molecule has 2 fully saturated rings. The predicted octanol–water partition coefficient (Wildman–Crippen LogP) is 2.07. The molecule has 27 heavy (non-hydrogen) atoms. The molecule has 2 aliphatic rings. The van der Waals surface area contributed by atoms with Crippen LogP contribution >= 0.6 is 0 Å². The van der Waals surface area contributed by atoms with Crippen molar-refractivity contribution in [1.82, 2.24) is 4.90 Å². The van der Waals surface area contributed by atoms with Crippen molar-refractivity contribution in [3.05, 3.63) is 24.3 Å². The van der Waals surface area contributed by atoms with E-state index in [2.05, 4.69) is 27.2 Å². The minimum absolute atomic E-state index is 0.106. The van der Waals surface area contributed by atoms with Crippen molar-refractivity contribution >= 4 is 17.3 Å². The molecule has 2 aliphatic heterocycles. The Morgan fingerprint density at radius 1 is 1.07 bits per heavy atom. The summed E-state index contributed by atoms with van der Waals surface area (Å²) in [5, 5.41) is 21.4. The molecule has 2 atom stereocenters. The fourth-order valence-corrected chi connectivity index (χ4v) is 4.05. The molecule has 2 saturated heterocycles. The van der Waals surface area contributed by atoms with Gasteiger partial charge in [-0.05, 0) is 49.9 Å². The van der Waals surface area contributed by atoms with E-state index in [0.29, 0.717) is 12.5 Å². The van der Waals surface area contributed by atoms with Gasteiger partial charge in [0, 0.05) is 44.1 Å². The predicted molar refractivity (Wildman–Crippen MR) is 108 cm³/mol. The molecule has 1 amide bonds. The van der Waals surface area contributed by atoms with Gasteiger partial charge < -0.3 is 25.3 Å². The zero-order valence-electron chi connectivity index (χ0n) is 16.1. The van der Waals surface area contributed by atoms with E-state index in [1.54, 1.807) is 0 Å². The lowest BCUT2D eigenvalue weighted by Crippen LogP contribution is -2.45. The summed E-state index contributed by atoms with van der Waals surface area (Å²) < 4.78 is 0. The van der Waals surface area contributed by atoms with Crippen molar-refractivity contribution in [2.45, 2.75) is 44.6 Å². The number of nitrogens with one attached hydrogen (secondary N) is 1. The summed E-state index contributed by atoms with van der Waals surface area (Å²) in [6, 6.07) is 8.10. The maximum Gasteiger partial charge on any atom is 0.227 e. The number of aliphatic hydroxyl groups excluding tert-OH is 2. The van der Waals surface area contributed by atoms with Gasteiger partial charge in [0.25, 0.3) is 0 Å². The summed E-state index contributed by atoms with van der Waals surface area (Å²) in [4.78, 5) is 17.4. The van der Waals surface area contributed by atoms with Gasteiger partial charge in [-0.1, -0.05) is 12.8 Å². The third-order valence-corrected chi connectivity index (χ3v) is 5.67. The van der Waals surface area contributed by atoms with Gasteiger partial charge >= 0.3 is 0 Å². The number of anilines is 2. The Labute approximate surface area is 162 Å². The maximum atomic E-state index is 13.0. The fraction of sp³-hybridized carbons (Fsp3) is 0.667. The van der Waals surface area contributed by atoms with Crippen LogP contribution in [0.3, 0.4) is 0 Å². The van der Waals surface area contributed by atoms with Crippen LogP contribution in [0.1, 0.15) is 38.5 Å². The molecule has 1 aromatic rings. The zero-order valence-corrected chi connectivity index (χ0v) is 16.1. The van der Waals surface area contributed by atoms with Gasteiger partial charge in [0.05, 0.1) is 18.6 Å². The van der Waals surface area contributed by atoms with E-state index in [1.165, 1.54) is 12.8 Å². The SMILES string of the molecule is O=C(C1CCCN(c2ccc(NCC(O)CO)cc2)C1)N1CCCCCC1. The molecular weight excluding hydrogens is 342 g/mol. The average Bonchev–Trinajstić information content (AvgIpc) is 3.01. The summed E-state index contributed by atoms with van der Waals surface area (Å²) in [6.07, 6.45) is 6.06. The second-order valence-corrected chi connectivity index (χ2v) is 7.79. The Hall–Kier alpha value is -1.79. The van der Waals surface area contributed by atoms with Gasteiger partial charge in [-0.25, -0.2) is 0 Å². The van der Waals surface area contributed by atoms with Crippen molar-refractivity contribution < 1.29 is 15.0 Å². The molecule has 0 aromatic heterocycles. The van der Waals surface area contributed by atoms with E-state index in [0.717, 1.165) is 63.2 Å². The number of carbonyl (C=O) groups is 1. The first-order valence-electron chi connectivity index (χ1n) is 10.3. The van der Waals surface area contributed by atoms with E-state index in [4.69, 9.17) is 5.11 Å². The van der Waals surface area contributed by atoms with E-state index in [9.17, 15) is 9.90 Å². The molecule has 6 nitrogen and oxygen atoms in total. The molecule has 150 valence electrons. The molecule has 0 spiro atoms. The highest BCUT2D eigenvalue weighted by atomic mass is 16.3. The summed E-state index contributed by atoms with van der Waals surface area (Å²) in [7, 11) is 0. The number of nitrogens with zero attached hydrogens (tertiary/aromatic N) is 2. The third kappa shape index (κ3) is 5.59. The molecule has 3 rings (SSSR count). The Balaban J connectivity index is 1.56. The maximum absolute atomic E-state index is 13.0. The third-order valence-electron chi connectivity index (χ3n) is 5.67. The number of likely N-dealkylation sites (tertiary alicyclic amines) is 1. The van der Waals surface area contributed by atoms with Crippen LogP contribution in [0, 0.1) is 5.92 Å².